The summed E-state index contributed by atoms with van der Waals surface area (Å²) in [4.78, 5) is 22.8. The Labute approximate surface area is 227 Å². The lowest BCUT2D eigenvalue weighted by Crippen LogP contribution is -2.39. The number of hydrogen-bond donors (Lipinski definition) is 0. The van der Waals surface area contributed by atoms with Gasteiger partial charge in [-0.25, -0.2) is 4.98 Å². The van der Waals surface area contributed by atoms with Crippen molar-refractivity contribution in [3.05, 3.63) is 82.9 Å². The fourth-order valence-electron chi connectivity index (χ4n) is 4.36. The number of nitrogens with zero attached hydrogens (tertiary/aromatic N) is 3. The largest absolute Gasteiger partial charge is 0.379 e. The Balaban J connectivity index is 0.00000304. The van der Waals surface area contributed by atoms with Crippen molar-refractivity contribution in [2.24, 2.45) is 0 Å². The Bertz CT molecular complexity index is 1310. The topological polar surface area (TPSA) is 45.7 Å². The molecule has 1 amide bonds. The molecule has 0 saturated carbocycles. The average molecular weight is 543 g/mol. The molecule has 1 aliphatic heterocycles. The van der Waals surface area contributed by atoms with Gasteiger partial charge in [-0.3, -0.25) is 14.6 Å². The summed E-state index contributed by atoms with van der Waals surface area (Å²) in [6, 6.07) is 21.9. The molecule has 8 heteroatoms. The maximum Gasteiger partial charge on any atom is 0.260 e. The van der Waals surface area contributed by atoms with Crippen LogP contribution in [0.2, 0.25) is 5.02 Å². The minimum absolute atomic E-state index is 0. The molecular formula is C28H29Cl2N3O2S. The minimum atomic E-state index is -0.0330. The third-order valence-electron chi connectivity index (χ3n) is 6.41. The van der Waals surface area contributed by atoms with E-state index in [1.54, 1.807) is 0 Å². The lowest BCUT2D eigenvalue weighted by Gasteiger charge is -2.27. The van der Waals surface area contributed by atoms with Crippen LogP contribution in [0.3, 0.4) is 0 Å². The quantitative estimate of drug-likeness (QED) is 0.260. The zero-order chi connectivity index (χ0) is 24.2. The zero-order valence-electron chi connectivity index (χ0n) is 20.2. The molecule has 0 N–H and O–H groups in total. The number of anilines is 1. The first-order valence-electron chi connectivity index (χ1n) is 11.9. The molecule has 0 spiro atoms. The number of thiazole rings is 1. The fraction of sp³-hybridized carbons (Fsp3) is 0.286. The zero-order valence-corrected chi connectivity index (χ0v) is 22.5. The van der Waals surface area contributed by atoms with Crippen molar-refractivity contribution in [2.45, 2.75) is 13.3 Å². The highest BCUT2D eigenvalue weighted by Crippen LogP contribution is 2.34. The van der Waals surface area contributed by atoms with Crippen LogP contribution in [0.25, 0.3) is 21.3 Å². The monoisotopic (exact) mass is 541 g/mol. The molecule has 1 fully saturated rings. The number of fused-ring (bicyclic) bond motifs is 1. The summed E-state index contributed by atoms with van der Waals surface area (Å²) in [5.41, 5.74) is 4.69. The first-order chi connectivity index (χ1) is 17.1. The van der Waals surface area contributed by atoms with Gasteiger partial charge in [0.1, 0.15) is 0 Å². The van der Waals surface area contributed by atoms with E-state index in [1.165, 1.54) is 11.3 Å². The molecule has 1 aliphatic rings. The van der Waals surface area contributed by atoms with E-state index < -0.39 is 0 Å². The Morgan fingerprint density at radius 2 is 1.72 bits per heavy atom. The summed E-state index contributed by atoms with van der Waals surface area (Å²) < 4.78 is 6.50. The van der Waals surface area contributed by atoms with Gasteiger partial charge in [-0.15, -0.1) is 12.4 Å². The molecule has 1 saturated heterocycles. The number of amides is 1. The van der Waals surface area contributed by atoms with Gasteiger partial charge in [0.15, 0.2) is 5.13 Å². The first-order valence-corrected chi connectivity index (χ1v) is 13.1. The fourth-order valence-corrected chi connectivity index (χ4v) is 5.56. The van der Waals surface area contributed by atoms with E-state index in [0.29, 0.717) is 22.3 Å². The number of aryl methyl sites for hydroxylation is 1. The highest BCUT2D eigenvalue weighted by Gasteiger charge is 2.23. The number of carbonyl (C=O) groups is 1. The SMILES string of the molecule is Cc1c(Cl)ccc2sc(N(CCCN3CCOCC3)C(=O)c3ccc(-c4ccccc4)cc3)nc12.Cl. The van der Waals surface area contributed by atoms with Crippen molar-refractivity contribution in [3.8, 4) is 11.1 Å². The van der Waals surface area contributed by atoms with E-state index in [-0.39, 0.29) is 18.3 Å². The van der Waals surface area contributed by atoms with Crippen LogP contribution in [0.5, 0.6) is 0 Å². The molecule has 3 aromatic carbocycles. The third-order valence-corrected chi connectivity index (χ3v) is 7.86. The van der Waals surface area contributed by atoms with Gasteiger partial charge in [0.2, 0.25) is 0 Å². The second-order valence-electron chi connectivity index (χ2n) is 8.72. The summed E-state index contributed by atoms with van der Waals surface area (Å²) in [7, 11) is 0. The number of ether oxygens (including phenoxy) is 1. The summed E-state index contributed by atoms with van der Waals surface area (Å²) in [6.07, 6.45) is 0.865. The minimum Gasteiger partial charge on any atom is -0.379 e. The second-order valence-corrected chi connectivity index (χ2v) is 10.1. The maximum atomic E-state index is 13.7. The van der Waals surface area contributed by atoms with E-state index in [2.05, 4.69) is 17.0 Å². The Morgan fingerprint density at radius 1 is 1.03 bits per heavy atom. The van der Waals surface area contributed by atoms with Crippen LogP contribution in [0.1, 0.15) is 22.3 Å². The highest BCUT2D eigenvalue weighted by atomic mass is 35.5. The van der Waals surface area contributed by atoms with Gasteiger partial charge in [-0.1, -0.05) is 65.4 Å². The number of rotatable bonds is 7. The molecular weight excluding hydrogens is 513 g/mol. The summed E-state index contributed by atoms with van der Waals surface area (Å²) in [5, 5.41) is 1.40. The molecule has 2 heterocycles. The van der Waals surface area contributed by atoms with Crippen molar-refractivity contribution >= 4 is 56.6 Å². The average Bonchev–Trinajstić information content (AvgIpc) is 3.34. The number of morpholine rings is 1. The molecule has 1 aromatic heterocycles. The van der Waals surface area contributed by atoms with E-state index >= 15 is 0 Å². The van der Waals surface area contributed by atoms with E-state index in [1.807, 2.05) is 66.4 Å². The Kier molecular flexibility index (Phi) is 8.99. The first kappa shape index (κ1) is 26.6. The van der Waals surface area contributed by atoms with Gasteiger partial charge < -0.3 is 4.74 Å². The van der Waals surface area contributed by atoms with Gasteiger partial charge in [0, 0.05) is 36.8 Å². The number of hydrogen-bond acceptors (Lipinski definition) is 5. The van der Waals surface area contributed by atoms with Gasteiger partial charge in [-0.2, -0.15) is 0 Å². The predicted molar refractivity (Wildman–Crippen MR) is 152 cm³/mol. The Hall–Kier alpha value is -2.48. The van der Waals surface area contributed by atoms with E-state index in [4.69, 9.17) is 21.3 Å². The second kappa shape index (κ2) is 12.2. The van der Waals surface area contributed by atoms with Gasteiger partial charge in [-0.05, 0) is 54.3 Å². The van der Waals surface area contributed by atoms with Crippen molar-refractivity contribution in [2.75, 3.05) is 44.3 Å². The smallest absolute Gasteiger partial charge is 0.260 e. The van der Waals surface area contributed by atoms with Crippen LogP contribution in [0, 0.1) is 6.92 Å². The van der Waals surface area contributed by atoms with Crippen molar-refractivity contribution in [1.29, 1.82) is 0 Å². The van der Waals surface area contributed by atoms with E-state index in [9.17, 15) is 4.79 Å². The lowest BCUT2D eigenvalue weighted by molar-refractivity contribution is 0.0376. The summed E-state index contributed by atoms with van der Waals surface area (Å²) in [6.45, 7) is 6.92. The number of aromatic nitrogens is 1. The van der Waals surface area contributed by atoms with Crippen LogP contribution < -0.4 is 4.90 Å². The predicted octanol–water partition coefficient (Wildman–Crippen LogP) is 6.72. The molecule has 36 heavy (non-hydrogen) atoms. The molecule has 4 aromatic rings. The van der Waals surface area contributed by atoms with E-state index in [0.717, 1.165) is 66.2 Å². The van der Waals surface area contributed by atoms with Crippen LogP contribution in [-0.4, -0.2) is 55.2 Å². The number of benzene rings is 3. The molecule has 0 bridgehead atoms. The molecule has 188 valence electrons. The maximum absolute atomic E-state index is 13.7. The summed E-state index contributed by atoms with van der Waals surface area (Å²) >= 11 is 7.88. The lowest BCUT2D eigenvalue weighted by atomic mass is 10.0. The van der Waals surface area contributed by atoms with Gasteiger partial charge in [0.05, 0.1) is 23.4 Å². The van der Waals surface area contributed by atoms with Crippen LogP contribution in [0.15, 0.2) is 66.7 Å². The number of halogens is 2. The standard InChI is InChI=1S/C28H28ClN3O2S.ClH/c1-20-24(29)12-13-25-26(20)30-28(35-25)32(15-5-14-31-16-18-34-19-17-31)27(33)23-10-8-22(9-11-23)21-6-3-2-4-7-21;/h2-4,6-13H,5,14-19H2,1H3;1H. The van der Waals surface area contributed by atoms with Crippen molar-refractivity contribution < 1.29 is 9.53 Å². The molecule has 0 aliphatic carbocycles. The molecule has 5 rings (SSSR count). The molecule has 0 unspecified atom stereocenters. The molecule has 5 nitrogen and oxygen atoms in total. The number of carbonyl (C=O) groups excluding carboxylic acids is 1. The Morgan fingerprint density at radius 3 is 2.44 bits per heavy atom. The summed E-state index contributed by atoms with van der Waals surface area (Å²) in [5.74, 6) is -0.0330. The van der Waals surface area contributed by atoms with Crippen LogP contribution in [0.4, 0.5) is 5.13 Å². The van der Waals surface area contributed by atoms with Crippen LogP contribution in [-0.2, 0) is 4.74 Å². The van der Waals surface area contributed by atoms with Gasteiger partial charge >= 0.3 is 0 Å². The third kappa shape index (κ3) is 5.90. The molecule has 0 atom stereocenters. The van der Waals surface area contributed by atoms with Gasteiger partial charge in [0.25, 0.3) is 5.91 Å². The van der Waals surface area contributed by atoms with Crippen molar-refractivity contribution in [1.82, 2.24) is 9.88 Å². The molecule has 0 radical (unpaired) electrons. The van der Waals surface area contributed by atoms with Crippen molar-refractivity contribution in [3.63, 3.8) is 0 Å². The van der Waals surface area contributed by atoms with Crippen LogP contribution >= 0.6 is 35.3 Å². The highest BCUT2D eigenvalue weighted by molar-refractivity contribution is 7.22. The normalized spacial score (nSPS) is 13.9.